The van der Waals surface area contributed by atoms with Crippen molar-refractivity contribution in [2.45, 2.75) is 276 Å². The predicted molar refractivity (Wildman–Crippen MR) is 279 cm³/mol. The summed E-state index contributed by atoms with van der Waals surface area (Å²) in [4.78, 5) is 25.4. The van der Waals surface area contributed by atoms with Crippen molar-refractivity contribution in [2.24, 2.45) is 0 Å². The van der Waals surface area contributed by atoms with Crippen molar-refractivity contribution in [3.63, 3.8) is 0 Å². The zero-order valence-corrected chi connectivity index (χ0v) is 44.6. The Morgan fingerprint density at radius 1 is 0.523 bits per heavy atom. The molecule has 2 N–H and O–H groups in total. The standard InChI is InChI=1S/C56H109N2O6P/c1-6-8-10-12-14-16-18-20-21-22-23-24-25-26-27-28-29-30-31-32-33-34-35-36-37-38-40-42-44-46-48-50-56(60)57-54(53-64-65(61,62)63-52-51-58(3,4)5)55(59)49-47-45-43-41-39-19-17-15-13-11-9-7-2/h13,15,39,41,47,49,54-55,59H,6-12,14,16-38,40,42-46,48,50-53H2,1-5H3,(H-,57,60,61,62)/b15-13+,41-39+,49-47+. The average molecular weight is 937 g/mol. The SMILES string of the molecule is CCCC/C=C/CC/C=C/CC/C=C/C(O)C(COP(=O)([O-])OCC[N+](C)(C)C)NC(=O)CCCCCCCCCCCCCCCCCCCCCCCCCCCCCCCCC. The van der Waals surface area contributed by atoms with E-state index in [4.69, 9.17) is 9.05 Å². The molecule has 0 aliphatic carbocycles. The van der Waals surface area contributed by atoms with Gasteiger partial charge in [-0.1, -0.05) is 256 Å². The molecule has 0 spiro atoms. The molecule has 0 aromatic carbocycles. The molecule has 0 heterocycles. The van der Waals surface area contributed by atoms with Gasteiger partial charge in [0.05, 0.1) is 39.9 Å². The molecule has 1 amide bonds. The van der Waals surface area contributed by atoms with E-state index in [0.29, 0.717) is 17.4 Å². The predicted octanol–water partition coefficient (Wildman–Crippen LogP) is 16.0. The van der Waals surface area contributed by atoms with Crippen LogP contribution in [0.3, 0.4) is 0 Å². The van der Waals surface area contributed by atoms with E-state index >= 15 is 0 Å². The van der Waals surface area contributed by atoms with Gasteiger partial charge >= 0.3 is 0 Å². The number of phosphoric acid groups is 1. The molecular formula is C56H109N2O6P. The number of unbranched alkanes of at least 4 members (excludes halogenated alkanes) is 34. The van der Waals surface area contributed by atoms with Crippen molar-refractivity contribution < 1.29 is 32.9 Å². The topological polar surface area (TPSA) is 108 Å². The number of carbonyl (C=O) groups excluding carboxylic acids is 1. The lowest BCUT2D eigenvalue weighted by atomic mass is 10.0. The number of hydrogen-bond donors (Lipinski definition) is 2. The number of amides is 1. The van der Waals surface area contributed by atoms with Crippen LogP contribution in [0.4, 0.5) is 0 Å². The van der Waals surface area contributed by atoms with Gasteiger partial charge in [-0.15, -0.1) is 0 Å². The summed E-state index contributed by atoms with van der Waals surface area (Å²) in [5, 5.41) is 13.8. The van der Waals surface area contributed by atoms with Crippen LogP contribution in [0.15, 0.2) is 36.5 Å². The van der Waals surface area contributed by atoms with Gasteiger partial charge in [0.2, 0.25) is 5.91 Å². The Morgan fingerprint density at radius 2 is 0.862 bits per heavy atom. The minimum atomic E-state index is -4.60. The van der Waals surface area contributed by atoms with Gasteiger partial charge in [-0.05, 0) is 38.5 Å². The van der Waals surface area contributed by atoms with Crippen LogP contribution in [0, 0.1) is 0 Å². The third-order valence-corrected chi connectivity index (χ3v) is 13.5. The number of likely N-dealkylation sites (N-methyl/N-ethyl adjacent to an activating group) is 1. The number of carbonyl (C=O) groups is 1. The lowest BCUT2D eigenvalue weighted by molar-refractivity contribution is -0.870. The van der Waals surface area contributed by atoms with Crippen LogP contribution in [-0.4, -0.2) is 68.5 Å². The molecule has 0 fully saturated rings. The summed E-state index contributed by atoms with van der Waals surface area (Å²) in [5.41, 5.74) is 0. The first-order valence-corrected chi connectivity index (χ1v) is 29.3. The van der Waals surface area contributed by atoms with Crippen LogP contribution in [0.25, 0.3) is 0 Å². The Morgan fingerprint density at radius 3 is 1.23 bits per heavy atom. The molecule has 0 aliphatic heterocycles. The zero-order valence-electron chi connectivity index (χ0n) is 43.7. The maximum atomic E-state index is 12.9. The number of quaternary nitrogens is 1. The number of phosphoric ester groups is 1. The monoisotopic (exact) mass is 937 g/mol. The molecule has 0 saturated carbocycles. The number of hydrogen-bond acceptors (Lipinski definition) is 6. The average Bonchev–Trinajstić information content (AvgIpc) is 3.26. The fourth-order valence-corrected chi connectivity index (χ4v) is 8.90. The van der Waals surface area contributed by atoms with Crippen LogP contribution >= 0.6 is 7.82 Å². The van der Waals surface area contributed by atoms with E-state index in [1.165, 1.54) is 193 Å². The fourth-order valence-electron chi connectivity index (χ4n) is 8.17. The number of nitrogens with one attached hydrogen (secondary N) is 1. The Bertz CT molecular complexity index is 1150. The molecule has 3 unspecified atom stereocenters. The lowest BCUT2D eigenvalue weighted by Crippen LogP contribution is -2.45. The minimum absolute atomic E-state index is 0.00782. The van der Waals surface area contributed by atoms with Crippen molar-refractivity contribution >= 4 is 13.7 Å². The number of rotatable bonds is 51. The van der Waals surface area contributed by atoms with E-state index in [2.05, 4.69) is 43.5 Å². The highest BCUT2D eigenvalue weighted by atomic mass is 31.2. The second-order valence-electron chi connectivity index (χ2n) is 20.3. The zero-order chi connectivity index (χ0) is 47.8. The van der Waals surface area contributed by atoms with Gasteiger partial charge in [0.25, 0.3) is 7.82 Å². The Labute approximate surface area is 404 Å². The molecule has 3 atom stereocenters. The Hall–Kier alpha value is -1.28. The van der Waals surface area contributed by atoms with E-state index in [0.717, 1.165) is 51.4 Å². The van der Waals surface area contributed by atoms with Gasteiger partial charge in [0.15, 0.2) is 0 Å². The van der Waals surface area contributed by atoms with Gasteiger partial charge < -0.3 is 28.8 Å². The Kier molecular flexibility index (Phi) is 46.8. The molecule has 9 heteroatoms. The third-order valence-electron chi connectivity index (χ3n) is 12.6. The summed E-state index contributed by atoms with van der Waals surface area (Å²) in [7, 11) is 1.24. The van der Waals surface area contributed by atoms with Crippen molar-refractivity contribution in [1.82, 2.24) is 5.32 Å². The summed E-state index contributed by atoms with van der Waals surface area (Å²) >= 11 is 0. The van der Waals surface area contributed by atoms with E-state index in [1.54, 1.807) is 6.08 Å². The van der Waals surface area contributed by atoms with Crippen molar-refractivity contribution in [3.8, 4) is 0 Å². The molecule has 65 heavy (non-hydrogen) atoms. The van der Waals surface area contributed by atoms with Gasteiger partial charge in [-0.25, -0.2) is 0 Å². The fraction of sp³-hybridized carbons (Fsp3) is 0.875. The molecule has 8 nitrogen and oxygen atoms in total. The molecule has 0 radical (unpaired) electrons. The number of allylic oxidation sites excluding steroid dienone is 5. The normalized spacial score (nSPS) is 14.3. The van der Waals surface area contributed by atoms with E-state index in [9.17, 15) is 19.4 Å². The summed E-state index contributed by atoms with van der Waals surface area (Å²) in [6, 6.07) is -0.906. The highest BCUT2D eigenvalue weighted by Gasteiger charge is 2.23. The summed E-state index contributed by atoms with van der Waals surface area (Å²) in [5.74, 6) is -0.209. The van der Waals surface area contributed by atoms with Crippen LogP contribution in [0.5, 0.6) is 0 Å². The Balaban J connectivity index is 4.01. The molecular weight excluding hydrogens is 828 g/mol. The molecule has 0 rings (SSSR count). The van der Waals surface area contributed by atoms with E-state index in [1.807, 2.05) is 27.2 Å². The van der Waals surface area contributed by atoms with E-state index in [-0.39, 0.29) is 12.5 Å². The molecule has 0 saturated heterocycles. The second kappa shape index (κ2) is 47.8. The first-order valence-electron chi connectivity index (χ1n) is 27.9. The number of nitrogens with zero attached hydrogens (tertiary/aromatic N) is 1. The smallest absolute Gasteiger partial charge is 0.268 e. The van der Waals surface area contributed by atoms with Gasteiger partial charge in [-0.2, -0.15) is 0 Å². The van der Waals surface area contributed by atoms with Crippen molar-refractivity contribution in [2.75, 3.05) is 40.9 Å². The van der Waals surface area contributed by atoms with Gasteiger partial charge in [0, 0.05) is 6.42 Å². The summed E-state index contributed by atoms with van der Waals surface area (Å²) < 4.78 is 23.2. The van der Waals surface area contributed by atoms with E-state index < -0.39 is 26.6 Å². The molecule has 0 bridgehead atoms. The minimum Gasteiger partial charge on any atom is -0.756 e. The number of aliphatic hydroxyl groups is 1. The third kappa shape index (κ3) is 50.4. The first-order chi connectivity index (χ1) is 31.5. The lowest BCUT2D eigenvalue weighted by Gasteiger charge is -2.29. The summed E-state index contributed by atoms with van der Waals surface area (Å²) in [6.45, 7) is 4.59. The second-order valence-corrected chi connectivity index (χ2v) is 21.7. The first kappa shape index (κ1) is 63.7. The van der Waals surface area contributed by atoms with Crippen LogP contribution < -0.4 is 10.2 Å². The van der Waals surface area contributed by atoms with Gasteiger partial charge in [-0.3, -0.25) is 9.36 Å². The molecule has 384 valence electrons. The van der Waals surface area contributed by atoms with Gasteiger partial charge in [0.1, 0.15) is 13.2 Å². The molecule has 0 aromatic rings. The maximum absolute atomic E-state index is 12.9. The largest absolute Gasteiger partial charge is 0.756 e. The maximum Gasteiger partial charge on any atom is 0.268 e. The highest BCUT2D eigenvalue weighted by molar-refractivity contribution is 7.45. The van der Waals surface area contributed by atoms with Crippen LogP contribution in [0.1, 0.15) is 264 Å². The van der Waals surface area contributed by atoms with Crippen molar-refractivity contribution in [3.05, 3.63) is 36.5 Å². The van der Waals surface area contributed by atoms with Crippen LogP contribution in [-0.2, 0) is 18.4 Å². The van der Waals surface area contributed by atoms with Crippen LogP contribution in [0.2, 0.25) is 0 Å². The molecule has 0 aromatic heterocycles. The number of aliphatic hydroxyl groups excluding tert-OH is 1. The molecule has 0 aliphatic rings. The quantitative estimate of drug-likeness (QED) is 0.0272. The highest BCUT2D eigenvalue weighted by Crippen LogP contribution is 2.38. The summed E-state index contributed by atoms with van der Waals surface area (Å²) in [6.07, 6.45) is 61.0. The van der Waals surface area contributed by atoms with Crippen molar-refractivity contribution in [1.29, 1.82) is 0 Å².